The van der Waals surface area contributed by atoms with Gasteiger partial charge in [0, 0.05) is 29.0 Å². The number of non-ortho nitro benzene ring substituents is 1. The fourth-order valence-corrected chi connectivity index (χ4v) is 3.43. The first-order chi connectivity index (χ1) is 12.5. The summed E-state index contributed by atoms with van der Waals surface area (Å²) in [4.78, 5) is 15.2. The summed E-state index contributed by atoms with van der Waals surface area (Å²) in [6.07, 6.45) is 0. The van der Waals surface area contributed by atoms with E-state index in [-0.39, 0.29) is 18.5 Å². The third kappa shape index (κ3) is 4.33. The van der Waals surface area contributed by atoms with E-state index < -0.39 is 4.92 Å². The average Bonchev–Trinajstić information content (AvgIpc) is 2.66. The van der Waals surface area contributed by atoms with E-state index >= 15 is 0 Å². The van der Waals surface area contributed by atoms with Gasteiger partial charge in [0.2, 0.25) is 0 Å². The van der Waals surface area contributed by atoms with Crippen molar-refractivity contribution in [3.05, 3.63) is 69.3 Å². The zero-order chi connectivity index (χ0) is 18.5. The second-order valence-corrected chi connectivity index (χ2v) is 6.80. The van der Waals surface area contributed by atoms with Gasteiger partial charge in [0.25, 0.3) is 5.69 Å². The first-order valence-electron chi connectivity index (χ1n) is 8.06. The molecular weight excluding hydrogens is 354 g/mol. The lowest BCUT2D eigenvalue weighted by atomic mass is 10.1. The number of hydrogen-bond donors (Lipinski definition) is 1. The van der Waals surface area contributed by atoms with Gasteiger partial charge in [-0.1, -0.05) is 42.1 Å². The van der Waals surface area contributed by atoms with Crippen LogP contribution in [0.25, 0.3) is 0 Å². The molecule has 2 N–H and O–H groups in total. The van der Waals surface area contributed by atoms with Crippen LogP contribution in [0.2, 0.25) is 0 Å². The van der Waals surface area contributed by atoms with Crippen molar-refractivity contribution in [3.63, 3.8) is 0 Å². The maximum absolute atomic E-state index is 11.1. The lowest BCUT2D eigenvalue weighted by Gasteiger charge is -2.20. The Balaban J connectivity index is 1.75. The summed E-state index contributed by atoms with van der Waals surface area (Å²) in [6, 6.07) is 12.8. The van der Waals surface area contributed by atoms with Gasteiger partial charge in [-0.05, 0) is 12.5 Å². The molecule has 2 aromatic rings. The molecule has 26 heavy (non-hydrogen) atoms. The lowest BCUT2D eigenvalue weighted by Crippen LogP contribution is -2.14. The quantitative estimate of drug-likeness (QED) is 0.371. The number of nitrogens with zero attached hydrogens (tertiary/aromatic N) is 2. The molecule has 0 unspecified atom stereocenters. The average molecular weight is 373 g/mol. The smallest absolute Gasteiger partial charge is 0.270 e. The van der Waals surface area contributed by atoms with E-state index in [9.17, 15) is 10.1 Å². The van der Waals surface area contributed by atoms with Crippen LogP contribution in [0.4, 0.5) is 5.69 Å². The summed E-state index contributed by atoms with van der Waals surface area (Å²) in [5.41, 5.74) is 8.53. The number of ether oxygens (including phenoxy) is 2. The largest absolute Gasteiger partial charge is 0.467 e. The summed E-state index contributed by atoms with van der Waals surface area (Å²) in [5.74, 6) is 1.07. The van der Waals surface area contributed by atoms with Gasteiger partial charge in [-0.3, -0.25) is 15.1 Å². The predicted molar refractivity (Wildman–Crippen MR) is 101 cm³/mol. The molecule has 0 amide bonds. The fraction of sp³-hybridized carbons (Fsp3) is 0.278. The van der Waals surface area contributed by atoms with Crippen molar-refractivity contribution in [1.82, 2.24) is 0 Å². The van der Waals surface area contributed by atoms with Crippen molar-refractivity contribution in [1.29, 1.82) is 0 Å². The molecule has 136 valence electrons. The second-order valence-electron chi connectivity index (χ2n) is 5.80. The van der Waals surface area contributed by atoms with Crippen molar-refractivity contribution in [2.24, 2.45) is 10.7 Å². The fourth-order valence-electron chi connectivity index (χ4n) is 2.68. The highest BCUT2D eigenvalue weighted by Crippen LogP contribution is 2.34. The minimum Gasteiger partial charge on any atom is -0.467 e. The van der Waals surface area contributed by atoms with Crippen molar-refractivity contribution in [3.8, 4) is 5.75 Å². The van der Waals surface area contributed by atoms with Crippen LogP contribution in [0, 0.1) is 10.1 Å². The summed E-state index contributed by atoms with van der Waals surface area (Å²) >= 11 is 1.33. The van der Waals surface area contributed by atoms with Gasteiger partial charge in [0.1, 0.15) is 5.75 Å². The highest BCUT2D eigenvalue weighted by Gasteiger charge is 2.21. The maximum atomic E-state index is 11.1. The number of nitrogens with two attached hydrogens (primary N) is 1. The Bertz CT molecular complexity index is 827. The van der Waals surface area contributed by atoms with Crippen LogP contribution in [0.5, 0.6) is 5.75 Å². The molecule has 0 radical (unpaired) electrons. The zero-order valence-corrected chi connectivity index (χ0v) is 15.1. The zero-order valence-electron chi connectivity index (χ0n) is 14.3. The van der Waals surface area contributed by atoms with Crippen LogP contribution in [0.15, 0.2) is 47.5 Å². The van der Waals surface area contributed by atoms with Crippen molar-refractivity contribution in [2.75, 3.05) is 6.79 Å². The molecule has 0 bridgehead atoms. The maximum Gasteiger partial charge on any atom is 0.270 e. The Morgan fingerprint density at radius 3 is 2.88 bits per heavy atom. The number of nitro benzene ring substituents is 1. The molecule has 2 aromatic carbocycles. The molecule has 1 aliphatic heterocycles. The standard InChI is InChI=1S/C18H19N3O4S/c1-12(13-5-3-2-4-6-13)20-18(19)26-10-15-8-16(21(22)23)7-14-9-24-11-25-17(14)15/h2-8,12H,9-11H2,1H3,(H2,19,20)/t12-/m0/s1. The Morgan fingerprint density at radius 2 is 2.15 bits per heavy atom. The molecule has 0 saturated heterocycles. The number of hydrogen-bond acceptors (Lipinski definition) is 6. The topological polar surface area (TPSA) is 100.0 Å². The SMILES string of the molecule is C[C@H](N=C(N)SCc1cc([N+](=O)[O-])cc2c1OCOC2)c1ccccc1. The van der Waals surface area contributed by atoms with Crippen LogP contribution in [-0.4, -0.2) is 16.9 Å². The van der Waals surface area contributed by atoms with Crippen LogP contribution in [0.1, 0.15) is 29.7 Å². The van der Waals surface area contributed by atoms with E-state index in [1.54, 1.807) is 0 Å². The molecule has 8 heteroatoms. The van der Waals surface area contributed by atoms with Crippen LogP contribution >= 0.6 is 11.8 Å². The van der Waals surface area contributed by atoms with Crippen molar-refractivity contribution < 1.29 is 14.4 Å². The molecule has 0 aliphatic carbocycles. The lowest BCUT2D eigenvalue weighted by molar-refractivity contribution is -0.385. The minimum absolute atomic E-state index is 0.0154. The van der Waals surface area contributed by atoms with Gasteiger partial charge >= 0.3 is 0 Å². The predicted octanol–water partition coefficient (Wildman–Crippen LogP) is 3.77. The Labute approximate surface area is 155 Å². The van der Waals surface area contributed by atoms with Crippen molar-refractivity contribution >= 4 is 22.6 Å². The molecule has 0 fully saturated rings. The van der Waals surface area contributed by atoms with Crippen LogP contribution < -0.4 is 10.5 Å². The highest BCUT2D eigenvalue weighted by molar-refractivity contribution is 8.13. The third-order valence-corrected chi connectivity index (χ3v) is 4.82. The van der Waals surface area contributed by atoms with E-state index in [2.05, 4.69) is 4.99 Å². The van der Waals surface area contributed by atoms with Gasteiger partial charge < -0.3 is 15.2 Å². The number of nitro groups is 1. The highest BCUT2D eigenvalue weighted by atomic mass is 32.2. The number of amidine groups is 1. The van der Waals surface area contributed by atoms with Gasteiger partial charge in [-0.25, -0.2) is 0 Å². The van der Waals surface area contributed by atoms with Gasteiger partial charge in [0.05, 0.1) is 17.6 Å². The molecule has 1 aliphatic rings. The van der Waals surface area contributed by atoms with Gasteiger partial charge in [-0.2, -0.15) is 0 Å². The number of thioether (sulfide) groups is 1. The molecule has 0 saturated carbocycles. The third-order valence-electron chi connectivity index (χ3n) is 3.96. The van der Waals surface area contributed by atoms with E-state index in [1.165, 1.54) is 23.9 Å². The summed E-state index contributed by atoms with van der Waals surface area (Å²) in [5, 5.41) is 11.6. The number of benzene rings is 2. The minimum atomic E-state index is -0.419. The number of fused-ring (bicyclic) bond motifs is 1. The Hall–Kier alpha value is -2.58. The van der Waals surface area contributed by atoms with Crippen LogP contribution in [0.3, 0.4) is 0 Å². The van der Waals surface area contributed by atoms with E-state index in [0.717, 1.165) is 5.56 Å². The summed E-state index contributed by atoms with van der Waals surface area (Å²) in [7, 11) is 0. The summed E-state index contributed by atoms with van der Waals surface area (Å²) in [6.45, 7) is 2.40. The molecule has 0 aromatic heterocycles. The first-order valence-corrected chi connectivity index (χ1v) is 9.05. The second kappa shape index (κ2) is 8.20. The van der Waals surface area contributed by atoms with E-state index in [1.807, 2.05) is 37.3 Å². The normalized spacial score (nSPS) is 15.0. The van der Waals surface area contributed by atoms with Crippen LogP contribution in [-0.2, 0) is 17.1 Å². The first kappa shape index (κ1) is 18.2. The monoisotopic (exact) mass is 373 g/mol. The number of rotatable bonds is 5. The van der Waals surface area contributed by atoms with E-state index in [4.69, 9.17) is 15.2 Å². The number of aliphatic imine (C=N–C) groups is 1. The molecule has 0 spiro atoms. The van der Waals surface area contributed by atoms with Gasteiger partial charge in [-0.15, -0.1) is 0 Å². The Morgan fingerprint density at radius 1 is 1.38 bits per heavy atom. The molecule has 1 atom stereocenters. The van der Waals surface area contributed by atoms with Crippen molar-refractivity contribution in [2.45, 2.75) is 25.3 Å². The van der Waals surface area contributed by atoms with E-state index in [0.29, 0.717) is 34.4 Å². The Kier molecular flexibility index (Phi) is 5.75. The molecule has 1 heterocycles. The molecular formula is C18H19N3O4S. The van der Waals surface area contributed by atoms with Gasteiger partial charge in [0.15, 0.2) is 12.0 Å². The summed E-state index contributed by atoms with van der Waals surface area (Å²) < 4.78 is 10.7. The molecule has 3 rings (SSSR count). The molecule has 7 nitrogen and oxygen atoms in total.